The summed E-state index contributed by atoms with van der Waals surface area (Å²) in [6, 6.07) is 7.61. The maximum absolute atomic E-state index is 5.85. The van der Waals surface area contributed by atoms with Crippen LogP contribution in [-0.4, -0.2) is 29.8 Å². The van der Waals surface area contributed by atoms with Crippen molar-refractivity contribution in [1.29, 1.82) is 0 Å². The molecule has 2 rings (SSSR count). The number of halogens is 1. The molecule has 0 bridgehead atoms. The van der Waals surface area contributed by atoms with Crippen LogP contribution in [-0.2, 0) is 4.74 Å². The van der Waals surface area contributed by atoms with Crippen molar-refractivity contribution in [3.63, 3.8) is 0 Å². The molecular weight excluding hydrogens is 252 g/mol. The fourth-order valence-electron chi connectivity index (χ4n) is 1.57. The van der Waals surface area contributed by atoms with Gasteiger partial charge in [0.1, 0.15) is 6.61 Å². The second-order valence-electron chi connectivity index (χ2n) is 3.78. The number of fused-ring (bicyclic) bond motifs is 1. The second kappa shape index (κ2) is 6.52. The Labute approximate surface area is 111 Å². The van der Waals surface area contributed by atoms with E-state index in [1.807, 2.05) is 24.3 Å². The number of hydrogen-bond acceptors (Lipinski definition) is 4. The van der Waals surface area contributed by atoms with Gasteiger partial charge in [-0.15, -0.1) is 0 Å². The van der Waals surface area contributed by atoms with Crippen LogP contribution in [0.5, 0.6) is 5.88 Å². The molecule has 18 heavy (non-hydrogen) atoms. The van der Waals surface area contributed by atoms with Crippen LogP contribution in [0.4, 0.5) is 0 Å². The molecule has 0 saturated carbocycles. The Morgan fingerprint density at radius 3 is 2.78 bits per heavy atom. The minimum absolute atomic E-state index is 0.193. The van der Waals surface area contributed by atoms with Crippen LogP contribution in [0.3, 0.4) is 0 Å². The summed E-state index contributed by atoms with van der Waals surface area (Å²) in [5.74, 6) is 0.505. The lowest BCUT2D eigenvalue weighted by Crippen LogP contribution is -2.08. The third-order valence-corrected chi connectivity index (χ3v) is 2.52. The Balaban J connectivity index is 2.07. The second-order valence-corrected chi connectivity index (χ2v) is 4.11. The summed E-state index contributed by atoms with van der Waals surface area (Å²) in [5.41, 5.74) is 0.780. The SMILES string of the molecule is CCCOCCOc1nc(Cl)nc2ccccc12. The molecule has 0 unspecified atom stereocenters. The summed E-state index contributed by atoms with van der Waals surface area (Å²) < 4.78 is 10.9. The average Bonchev–Trinajstić information content (AvgIpc) is 2.38. The number of rotatable bonds is 6. The molecular formula is C13H15ClN2O2. The average molecular weight is 267 g/mol. The summed E-state index contributed by atoms with van der Waals surface area (Å²) in [6.07, 6.45) is 1.00. The number of para-hydroxylation sites is 1. The quantitative estimate of drug-likeness (QED) is 0.595. The van der Waals surface area contributed by atoms with Crippen LogP contribution in [0.2, 0.25) is 5.28 Å². The van der Waals surface area contributed by atoms with Gasteiger partial charge in [-0.25, -0.2) is 4.98 Å². The summed E-state index contributed by atoms with van der Waals surface area (Å²) >= 11 is 5.85. The molecule has 96 valence electrons. The Morgan fingerprint density at radius 1 is 1.11 bits per heavy atom. The highest BCUT2D eigenvalue weighted by atomic mass is 35.5. The van der Waals surface area contributed by atoms with E-state index >= 15 is 0 Å². The molecule has 0 saturated heterocycles. The van der Waals surface area contributed by atoms with Crippen LogP contribution in [0.1, 0.15) is 13.3 Å². The van der Waals surface area contributed by atoms with Crippen molar-refractivity contribution in [2.45, 2.75) is 13.3 Å². The summed E-state index contributed by atoms with van der Waals surface area (Å²) in [6.45, 7) is 3.81. The van der Waals surface area contributed by atoms with E-state index in [2.05, 4.69) is 16.9 Å². The first-order valence-corrected chi connectivity index (χ1v) is 6.32. The Bertz CT molecular complexity index is 519. The van der Waals surface area contributed by atoms with Gasteiger partial charge in [-0.2, -0.15) is 4.98 Å². The number of nitrogens with zero attached hydrogens (tertiary/aromatic N) is 2. The highest BCUT2D eigenvalue weighted by molar-refractivity contribution is 6.28. The van der Waals surface area contributed by atoms with E-state index in [1.54, 1.807) is 0 Å². The lowest BCUT2D eigenvalue weighted by atomic mass is 10.2. The van der Waals surface area contributed by atoms with Gasteiger partial charge < -0.3 is 9.47 Å². The van der Waals surface area contributed by atoms with Crippen molar-refractivity contribution in [1.82, 2.24) is 9.97 Å². The van der Waals surface area contributed by atoms with E-state index in [0.717, 1.165) is 23.9 Å². The molecule has 0 radical (unpaired) electrons. The smallest absolute Gasteiger partial charge is 0.226 e. The zero-order valence-corrected chi connectivity index (χ0v) is 11.0. The molecule has 0 aliphatic rings. The third kappa shape index (κ3) is 3.31. The first kappa shape index (κ1) is 13.1. The van der Waals surface area contributed by atoms with Crippen LogP contribution >= 0.6 is 11.6 Å². The number of benzene rings is 1. The van der Waals surface area contributed by atoms with Gasteiger partial charge in [0.25, 0.3) is 0 Å². The molecule has 0 amide bonds. The monoisotopic (exact) mass is 266 g/mol. The van der Waals surface area contributed by atoms with Crippen molar-refractivity contribution >= 4 is 22.5 Å². The largest absolute Gasteiger partial charge is 0.475 e. The zero-order chi connectivity index (χ0) is 12.8. The lowest BCUT2D eigenvalue weighted by molar-refractivity contribution is 0.0996. The first-order valence-electron chi connectivity index (χ1n) is 5.94. The van der Waals surface area contributed by atoms with E-state index < -0.39 is 0 Å². The Kier molecular flexibility index (Phi) is 4.73. The summed E-state index contributed by atoms with van der Waals surface area (Å²) in [5, 5.41) is 1.05. The van der Waals surface area contributed by atoms with Gasteiger partial charge in [-0.1, -0.05) is 19.1 Å². The molecule has 0 aliphatic carbocycles. The van der Waals surface area contributed by atoms with Gasteiger partial charge in [0, 0.05) is 6.61 Å². The fourth-order valence-corrected chi connectivity index (χ4v) is 1.74. The summed E-state index contributed by atoms with van der Waals surface area (Å²) in [4.78, 5) is 8.23. The standard InChI is InChI=1S/C13H15ClN2O2/c1-2-7-17-8-9-18-12-10-5-3-4-6-11(10)15-13(14)16-12/h3-6H,2,7-9H2,1H3. The highest BCUT2D eigenvalue weighted by Crippen LogP contribution is 2.23. The molecule has 1 heterocycles. The van der Waals surface area contributed by atoms with Gasteiger partial charge in [-0.05, 0) is 30.2 Å². The number of ether oxygens (including phenoxy) is 2. The fraction of sp³-hybridized carbons (Fsp3) is 0.385. The minimum Gasteiger partial charge on any atom is -0.475 e. The van der Waals surface area contributed by atoms with Crippen LogP contribution in [0.15, 0.2) is 24.3 Å². The highest BCUT2D eigenvalue weighted by Gasteiger charge is 2.06. The van der Waals surface area contributed by atoms with Crippen molar-refractivity contribution in [2.75, 3.05) is 19.8 Å². The Hall–Kier alpha value is -1.39. The maximum Gasteiger partial charge on any atom is 0.226 e. The molecule has 2 aromatic rings. The zero-order valence-electron chi connectivity index (χ0n) is 10.2. The van der Waals surface area contributed by atoms with E-state index in [4.69, 9.17) is 21.1 Å². The van der Waals surface area contributed by atoms with E-state index in [9.17, 15) is 0 Å². The van der Waals surface area contributed by atoms with Crippen LogP contribution in [0, 0.1) is 0 Å². The normalized spacial score (nSPS) is 10.8. The molecule has 0 atom stereocenters. The topological polar surface area (TPSA) is 44.2 Å². The molecule has 0 aliphatic heterocycles. The molecule has 1 aromatic carbocycles. The number of hydrogen-bond donors (Lipinski definition) is 0. The van der Waals surface area contributed by atoms with Crippen molar-refractivity contribution in [2.24, 2.45) is 0 Å². The van der Waals surface area contributed by atoms with E-state index in [-0.39, 0.29) is 5.28 Å². The molecule has 5 heteroatoms. The van der Waals surface area contributed by atoms with Crippen LogP contribution < -0.4 is 4.74 Å². The van der Waals surface area contributed by atoms with E-state index in [0.29, 0.717) is 19.1 Å². The van der Waals surface area contributed by atoms with Gasteiger partial charge in [-0.3, -0.25) is 0 Å². The molecule has 0 spiro atoms. The Morgan fingerprint density at radius 2 is 1.94 bits per heavy atom. The third-order valence-electron chi connectivity index (χ3n) is 2.36. The number of aromatic nitrogens is 2. The first-order chi connectivity index (χ1) is 8.81. The van der Waals surface area contributed by atoms with Crippen molar-refractivity contribution in [3.8, 4) is 5.88 Å². The molecule has 0 fully saturated rings. The van der Waals surface area contributed by atoms with Gasteiger partial charge in [0.2, 0.25) is 11.2 Å². The molecule has 4 nitrogen and oxygen atoms in total. The van der Waals surface area contributed by atoms with Gasteiger partial charge >= 0.3 is 0 Å². The van der Waals surface area contributed by atoms with Gasteiger partial charge in [0.15, 0.2) is 0 Å². The lowest BCUT2D eigenvalue weighted by Gasteiger charge is -2.08. The van der Waals surface area contributed by atoms with Crippen molar-refractivity contribution < 1.29 is 9.47 Å². The maximum atomic E-state index is 5.85. The van der Waals surface area contributed by atoms with Gasteiger partial charge in [0.05, 0.1) is 17.5 Å². The predicted octanol–water partition coefficient (Wildman–Crippen LogP) is 3.09. The molecule has 0 N–H and O–H groups in total. The molecule has 1 aromatic heterocycles. The van der Waals surface area contributed by atoms with E-state index in [1.165, 1.54) is 0 Å². The van der Waals surface area contributed by atoms with Crippen LogP contribution in [0.25, 0.3) is 10.9 Å². The van der Waals surface area contributed by atoms with Crippen molar-refractivity contribution in [3.05, 3.63) is 29.5 Å². The minimum atomic E-state index is 0.193. The predicted molar refractivity (Wildman–Crippen MR) is 71.2 cm³/mol. The summed E-state index contributed by atoms with van der Waals surface area (Å²) in [7, 11) is 0.